The Morgan fingerprint density at radius 3 is 2.39 bits per heavy atom. The van der Waals surface area contributed by atoms with Crippen molar-refractivity contribution in [3.63, 3.8) is 0 Å². The van der Waals surface area contributed by atoms with Gasteiger partial charge >= 0.3 is 0 Å². The number of rotatable bonds is 6. The van der Waals surface area contributed by atoms with Crippen LogP contribution in [0.15, 0.2) is 35.9 Å². The molecule has 4 aliphatic carbocycles. The first-order valence-electron chi connectivity index (χ1n) is 10.4. The van der Waals surface area contributed by atoms with Crippen molar-refractivity contribution in [1.82, 2.24) is 5.32 Å². The number of hydrogen-bond donors (Lipinski definition) is 2. The van der Waals surface area contributed by atoms with Gasteiger partial charge in [0.1, 0.15) is 5.75 Å². The second-order valence-electron chi connectivity index (χ2n) is 9.00. The Kier molecular flexibility index (Phi) is 5.17. The SMILES string of the molecule is CNC(=O)COc1cccc(NC(=O)/C=C(/C)C23CC4CC(CC(C4)C2)C3)c1. The van der Waals surface area contributed by atoms with Crippen LogP contribution in [0, 0.1) is 23.2 Å². The molecule has 0 saturated heterocycles. The molecule has 0 atom stereocenters. The normalized spacial score (nSPS) is 30.8. The van der Waals surface area contributed by atoms with Crippen LogP contribution in [0.25, 0.3) is 0 Å². The molecule has 1 aromatic carbocycles. The Morgan fingerprint density at radius 1 is 1.14 bits per heavy atom. The highest BCUT2D eigenvalue weighted by Crippen LogP contribution is 2.62. The van der Waals surface area contributed by atoms with E-state index in [-0.39, 0.29) is 23.8 Å². The van der Waals surface area contributed by atoms with E-state index in [1.165, 1.54) is 44.1 Å². The lowest BCUT2D eigenvalue weighted by Gasteiger charge is -2.57. The summed E-state index contributed by atoms with van der Waals surface area (Å²) in [5.41, 5.74) is 2.18. The van der Waals surface area contributed by atoms with Gasteiger partial charge in [-0.3, -0.25) is 9.59 Å². The number of carbonyl (C=O) groups is 2. The molecule has 2 N–H and O–H groups in total. The minimum absolute atomic E-state index is 0.0427. The van der Waals surface area contributed by atoms with E-state index < -0.39 is 0 Å². The summed E-state index contributed by atoms with van der Waals surface area (Å²) in [5, 5.41) is 5.47. The second-order valence-corrected chi connectivity index (χ2v) is 9.00. The van der Waals surface area contributed by atoms with Crippen molar-refractivity contribution in [3.8, 4) is 5.75 Å². The molecule has 1 aromatic rings. The van der Waals surface area contributed by atoms with Crippen LogP contribution < -0.4 is 15.4 Å². The summed E-state index contributed by atoms with van der Waals surface area (Å²) in [6, 6.07) is 7.16. The van der Waals surface area contributed by atoms with Crippen molar-refractivity contribution in [3.05, 3.63) is 35.9 Å². The fourth-order valence-electron chi connectivity index (χ4n) is 6.01. The van der Waals surface area contributed by atoms with E-state index in [4.69, 9.17) is 4.74 Å². The van der Waals surface area contributed by atoms with Gasteiger partial charge in [0.2, 0.25) is 5.91 Å². The van der Waals surface area contributed by atoms with E-state index in [1.807, 2.05) is 18.2 Å². The zero-order valence-corrected chi connectivity index (χ0v) is 16.8. The van der Waals surface area contributed by atoms with Crippen LogP contribution in [0.4, 0.5) is 5.69 Å². The van der Waals surface area contributed by atoms with E-state index in [9.17, 15) is 9.59 Å². The minimum atomic E-state index is -0.191. The van der Waals surface area contributed by atoms with Crippen molar-refractivity contribution in [2.75, 3.05) is 19.0 Å². The largest absolute Gasteiger partial charge is 0.484 e. The summed E-state index contributed by atoms with van der Waals surface area (Å²) in [6.45, 7) is 2.11. The van der Waals surface area contributed by atoms with Crippen molar-refractivity contribution in [2.45, 2.75) is 45.4 Å². The molecule has 4 bridgehead atoms. The number of benzene rings is 1. The Bertz CT molecular complexity index is 764. The highest BCUT2D eigenvalue weighted by atomic mass is 16.5. The molecule has 150 valence electrons. The van der Waals surface area contributed by atoms with Gasteiger partial charge in [0.05, 0.1) is 0 Å². The number of nitrogens with one attached hydrogen (secondary N) is 2. The van der Waals surface area contributed by atoms with E-state index in [0.29, 0.717) is 11.4 Å². The third-order valence-corrected chi connectivity index (χ3v) is 6.97. The zero-order chi connectivity index (χ0) is 19.7. The maximum absolute atomic E-state index is 12.6. The van der Waals surface area contributed by atoms with Gasteiger partial charge in [0.15, 0.2) is 6.61 Å². The number of anilines is 1. The van der Waals surface area contributed by atoms with Crippen LogP contribution in [0.3, 0.4) is 0 Å². The molecule has 5 nitrogen and oxygen atoms in total. The molecule has 5 heteroatoms. The first-order chi connectivity index (χ1) is 13.5. The maximum Gasteiger partial charge on any atom is 0.257 e. The van der Waals surface area contributed by atoms with E-state index in [2.05, 4.69) is 17.6 Å². The molecule has 4 aliphatic rings. The fourth-order valence-corrected chi connectivity index (χ4v) is 6.01. The lowest BCUT2D eigenvalue weighted by atomic mass is 9.48. The maximum atomic E-state index is 12.6. The Balaban J connectivity index is 1.41. The third-order valence-electron chi connectivity index (χ3n) is 6.97. The quantitative estimate of drug-likeness (QED) is 0.733. The highest BCUT2D eigenvalue weighted by molar-refractivity contribution is 6.00. The molecule has 0 heterocycles. The molecule has 4 saturated carbocycles. The Morgan fingerprint density at radius 2 is 1.79 bits per heavy atom. The van der Waals surface area contributed by atoms with Crippen LogP contribution >= 0.6 is 0 Å². The summed E-state index contributed by atoms with van der Waals surface area (Å²) < 4.78 is 5.45. The van der Waals surface area contributed by atoms with Gasteiger partial charge in [-0.1, -0.05) is 11.6 Å². The number of amides is 2. The molecule has 0 unspecified atom stereocenters. The first-order valence-corrected chi connectivity index (χ1v) is 10.4. The van der Waals surface area contributed by atoms with Gasteiger partial charge in [-0.25, -0.2) is 0 Å². The van der Waals surface area contributed by atoms with E-state index in [1.54, 1.807) is 19.2 Å². The number of carbonyl (C=O) groups excluding carboxylic acids is 2. The fraction of sp³-hybridized carbons (Fsp3) is 0.565. The van der Waals surface area contributed by atoms with Crippen molar-refractivity contribution < 1.29 is 14.3 Å². The van der Waals surface area contributed by atoms with Gasteiger partial charge in [0, 0.05) is 24.9 Å². The Labute approximate surface area is 166 Å². The Hall–Kier alpha value is -2.30. The van der Waals surface area contributed by atoms with Crippen molar-refractivity contribution in [2.24, 2.45) is 23.2 Å². The number of hydrogen-bond acceptors (Lipinski definition) is 3. The highest BCUT2D eigenvalue weighted by Gasteiger charge is 2.51. The van der Waals surface area contributed by atoms with Crippen LogP contribution in [0.5, 0.6) is 5.75 Å². The van der Waals surface area contributed by atoms with Crippen LogP contribution in [0.2, 0.25) is 0 Å². The summed E-state index contributed by atoms with van der Waals surface area (Å²) in [6.07, 6.45) is 9.81. The number of ether oxygens (including phenoxy) is 1. The van der Waals surface area contributed by atoms with Crippen molar-refractivity contribution >= 4 is 17.5 Å². The van der Waals surface area contributed by atoms with Crippen LogP contribution in [-0.2, 0) is 9.59 Å². The third kappa shape index (κ3) is 3.94. The standard InChI is InChI=1S/C23H30N2O3/c1-15(23-11-16-7-17(12-23)9-18(8-16)13-23)6-21(26)25-19-4-3-5-20(10-19)28-14-22(27)24-2/h3-6,10,16-18H,7-9,11-14H2,1-2H3,(H,24,27)(H,25,26)/b15-6-. The predicted molar refractivity (Wildman–Crippen MR) is 109 cm³/mol. The summed E-state index contributed by atoms with van der Waals surface area (Å²) >= 11 is 0. The predicted octanol–water partition coefficient (Wildman–Crippen LogP) is 3.91. The average molecular weight is 383 g/mol. The van der Waals surface area contributed by atoms with Gasteiger partial charge < -0.3 is 15.4 Å². The summed E-state index contributed by atoms with van der Waals surface area (Å²) in [4.78, 5) is 24.0. The zero-order valence-electron chi connectivity index (χ0n) is 16.8. The van der Waals surface area contributed by atoms with Crippen LogP contribution in [-0.4, -0.2) is 25.5 Å². The smallest absolute Gasteiger partial charge is 0.257 e. The van der Waals surface area contributed by atoms with Crippen LogP contribution in [0.1, 0.15) is 45.4 Å². The number of likely N-dealkylation sites (N-methyl/N-ethyl adjacent to an activating group) is 1. The van der Waals surface area contributed by atoms with E-state index >= 15 is 0 Å². The minimum Gasteiger partial charge on any atom is -0.484 e. The molecular formula is C23H30N2O3. The summed E-state index contributed by atoms with van der Waals surface area (Å²) in [7, 11) is 1.57. The molecule has 4 fully saturated rings. The molecule has 0 spiro atoms. The average Bonchev–Trinajstić information content (AvgIpc) is 2.65. The number of allylic oxidation sites excluding steroid dienone is 1. The van der Waals surface area contributed by atoms with Gasteiger partial charge in [0.25, 0.3) is 5.91 Å². The van der Waals surface area contributed by atoms with Gasteiger partial charge in [-0.15, -0.1) is 0 Å². The van der Waals surface area contributed by atoms with Crippen molar-refractivity contribution in [1.29, 1.82) is 0 Å². The molecule has 2 amide bonds. The second kappa shape index (κ2) is 7.61. The van der Waals surface area contributed by atoms with E-state index in [0.717, 1.165) is 17.8 Å². The monoisotopic (exact) mass is 382 g/mol. The lowest BCUT2D eigenvalue weighted by Crippen LogP contribution is -2.46. The topological polar surface area (TPSA) is 67.4 Å². The summed E-state index contributed by atoms with van der Waals surface area (Å²) in [5.74, 6) is 2.88. The lowest BCUT2D eigenvalue weighted by molar-refractivity contribution is -0.122. The van der Waals surface area contributed by atoms with Gasteiger partial charge in [-0.05, 0) is 80.8 Å². The molecule has 0 aromatic heterocycles. The molecule has 0 radical (unpaired) electrons. The van der Waals surface area contributed by atoms with Gasteiger partial charge in [-0.2, -0.15) is 0 Å². The molecule has 0 aliphatic heterocycles. The molecule has 28 heavy (non-hydrogen) atoms. The first kappa shape index (κ1) is 19.0. The molecular weight excluding hydrogens is 352 g/mol. The molecule has 5 rings (SSSR count).